The molecule has 2 amide bonds. The molecule has 2 saturated heterocycles. The van der Waals surface area contributed by atoms with E-state index in [-0.39, 0.29) is 23.6 Å². The highest BCUT2D eigenvalue weighted by Gasteiger charge is 2.65. The fourth-order valence-electron chi connectivity index (χ4n) is 3.15. The molecule has 0 bridgehead atoms. The Morgan fingerprint density at radius 1 is 1.43 bits per heavy atom. The van der Waals surface area contributed by atoms with Crippen molar-refractivity contribution in [2.75, 3.05) is 11.9 Å². The predicted octanol–water partition coefficient (Wildman–Crippen LogP) is 3.13. The quantitative estimate of drug-likeness (QED) is 0.335. The number of amides is 2. The third kappa shape index (κ3) is 4.59. The summed E-state index contributed by atoms with van der Waals surface area (Å²) in [6.45, 7) is 1.44. The summed E-state index contributed by atoms with van der Waals surface area (Å²) in [7, 11) is 0. The van der Waals surface area contributed by atoms with Crippen molar-refractivity contribution in [2.45, 2.75) is 39.3 Å². The minimum absolute atomic E-state index is 0.212. The number of esters is 1. The molecular weight excluding hydrogens is 535 g/mol. The summed E-state index contributed by atoms with van der Waals surface area (Å²) in [6.07, 6.45) is 0.212. The Morgan fingerprint density at radius 2 is 2.14 bits per heavy atom. The summed E-state index contributed by atoms with van der Waals surface area (Å²) >= 11 is 23.3. The zero-order valence-electron chi connectivity index (χ0n) is 14.5. The van der Waals surface area contributed by atoms with Gasteiger partial charge in [-0.2, -0.15) is 0 Å². The summed E-state index contributed by atoms with van der Waals surface area (Å²) in [6, 6.07) is 2.21. The molecule has 28 heavy (non-hydrogen) atoms. The number of halogens is 4. The second-order valence-corrected chi connectivity index (χ2v) is 12.4. The smallest absolute Gasteiger partial charge is 0.330 e. The Balaban J connectivity index is 1.68. The average molecular weight is 551 g/mol. The van der Waals surface area contributed by atoms with E-state index in [2.05, 4.69) is 21.2 Å². The molecule has 1 N–H and O–H groups in total. The Morgan fingerprint density at radius 3 is 2.71 bits per heavy atom. The van der Waals surface area contributed by atoms with Crippen LogP contribution in [0.4, 0.5) is 0 Å². The van der Waals surface area contributed by atoms with Crippen LogP contribution >= 0.6 is 73.8 Å². The Labute approximate surface area is 193 Å². The molecule has 3 rings (SSSR count). The number of thiophene rings is 1. The van der Waals surface area contributed by atoms with E-state index >= 15 is 0 Å². The first-order valence-corrected chi connectivity index (χ1v) is 12.2. The van der Waals surface area contributed by atoms with Gasteiger partial charge in [0.15, 0.2) is 0 Å². The average Bonchev–Trinajstić information content (AvgIpc) is 3.22. The summed E-state index contributed by atoms with van der Waals surface area (Å²) in [5, 5.41) is 4.75. The first kappa shape index (κ1) is 22.5. The van der Waals surface area contributed by atoms with Gasteiger partial charge < -0.3 is 15.0 Å². The number of carbonyl (C=O) groups excluding carboxylic acids is 3. The molecule has 0 spiro atoms. The molecule has 12 heteroatoms. The standard InChI is InChI=1S/C16H16BrCl3N2O4S2/c1-15(6-17)11(14(25)26-7-16(18,19)20)22-12(24)10(13(22)28-15)21-9(23)5-8-3-2-4-27-8/h2-4,10-11,13H,5-7H2,1H3,(H,21,23). The second kappa shape index (κ2) is 8.51. The topological polar surface area (TPSA) is 75.7 Å². The number of hydrogen-bond acceptors (Lipinski definition) is 6. The Bertz CT molecular complexity index is 776. The predicted molar refractivity (Wildman–Crippen MR) is 115 cm³/mol. The summed E-state index contributed by atoms with van der Waals surface area (Å²) in [4.78, 5) is 40.0. The highest BCUT2D eigenvalue weighted by molar-refractivity contribution is 9.09. The number of alkyl halides is 4. The van der Waals surface area contributed by atoms with E-state index in [1.54, 1.807) is 0 Å². The van der Waals surface area contributed by atoms with Gasteiger partial charge in [-0.1, -0.05) is 56.8 Å². The zero-order valence-corrected chi connectivity index (χ0v) is 20.0. The molecule has 0 saturated carbocycles. The van der Waals surface area contributed by atoms with E-state index in [0.29, 0.717) is 5.33 Å². The van der Waals surface area contributed by atoms with Crippen molar-refractivity contribution >= 4 is 91.6 Å². The monoisotopic (exact) mass is 548 g/mol. The SMILES string of the molecule is CC1(CBr)SC2C(NC(=O)Cc3cccs3)C(=O)N2C1C(=O)OCC(Cl)(Cl)Cl. The summed E-state index contributed by atoms with van der Waals surface area (Å²) in [5.41, 5.74) is 0. The third-order valence-electron chi connectivity index (χ3n) is 4.42. The normalized spacial score (nSPS) is 29.2. The molecule has 6 nitrogen and oxygen atoms in total. The Kier molecular flexibility index (Phi) is 6.84. The molecule has 2 aliphatic rings. The van der Waals surface area contributed by atoms with Crippen LogP contribution in [-0.4, -0.2) is 60.6 Å². The minimum Gasteiger partial charge on any atom is -0.460 e. The third-order valence-corrected chi connectivity index (χ3v) is 8.81. The van der Waals surface area contributed by atoms with Gasteiger partial charge in [-0.15, -0.1) is 23.1 Å². The van der Waals surface area contributed by atoms with Crippen LogP contribution in [0.25, 0.3) is 0 Å². The van der Waals surface area contributed by atoms with Gasteiger partial charge in [0.05, 0.1) is 11.2 Å². The van der Waals surface area contributed by atoms with Gasteiger partial charge in [0.2, 0.25) is 15.6 Å². The van der Waals surface area contributed by atoms with Crippen molar-refractivity contribution in [2.24, 2.45) is 0 Å². The maximum atomic E-state index is 12.7. The number of hydrogen-bond donors (Lipinski definition) is 1. The van der Waals surface area contributed by atoms with Crippen molar-refractivity contribution in [3.8, 4) is 0 Å². The lowest BCUT2D eigenvalue weighted by molar-refractivity contribution is -0.164. The molecular formula is C16H16BrCl3N2O4S2. The van der Waals surface area contributed by atoms with Crippen LogP contribution in [0.1, 0.15) is 11.8 Å². The van der Waals surface area contributed by atoms with E-state index in [1.807, 2.05) is 24.4 Å². The summed E-state index contributed by atoms with van der Waals surface area (Å²) < 4.78 is 2.75. The number of rotatable bonds is 6. The van der Waals surface area contributed by atoms with E-state index in [9.17, 15) is 14.4 Å². The number of nitrogens with zero attached hydrogens (tertiary/aromatic N) is 1. The molecule has 0 aromatic carbocycles. The summed E-state index contributed by atoms with van der Waals surface area (Å²) in [5.74, 6) is -1.19. The lowest BCUT2D eigenvalue weighted by Gasteiger charge is -2.44. The van der Waals surface area contributed by atoms with Gasteiger partial charge >= 0.3 is 5.97 Å². The Hall–Kier alpha value is -0.190. The van der Waals surface area contributed by atoms with Crippen molar-refractivity contribution in [1.29, 1.82) is 0 Å². The zero-order chi connectivity index (χ0) is 20.7. The molecule has 0 radical (unpaired) electrons. The molecule has 4 unspecified atom stereocenters. The van der Waals surface area contributed by atoms with Gasteiger partial charge in [-0.3, -0.25) is 9.59 Å². The first-order valence-electron chi connectivity index (χ1n) is 8.17. The van der Waals surface area contributed by atoms with Gasteiger partial charge in [-0.25, -0.2) is 4.79 Å². The van der Waals surface area contributed by atoms with E-state index < -0.39 is 33.2 Å². The number of carbonyl (C=O) groups is 3. The number of thioether (sulfide) groups is 1. The number of fused-ring (bicyclic) bond motifs is 1. The van der Waals surface area contributed by atoms with Gasteiger partial charge in [0, 0.05) is 10.2 Å². The van der Waals surface area contributed by atoms with Gasteiger partial charge in [-0.05, 0) is 18.4 Å². The van der Waals surface area contributed by atoms with Crippen LogP contribution in [0, 0.1) is 0 Å². The molecule has 1 aromatic rings. The fourth-order valence-corrected chi connectivity index (χ4v) is 6.33. The molecule has 2 fully saturated rings. The molecule has 4 atom stereocenters. The molecule has 154 valence electrons. The lowest BCUT2D eigenvalue weighted by atomic mass is 9.96. The van der Waals surface area contributed by atoms with Gasteiger partial charge in [0.1, 0.15) is 24.1 Å². The largest absolute Gasteiger partial charge is 0.460 e. The molecule has 1 aromatic heterocycles. The lowest BCUT2D eigenvalue weighted by Crippen LogP contribution is -2.71. The van der Waals surface area contributed by atoms with Crippen molar-refractivity contribution in [3.05, 3.63) is 22.4 Å². The number of β-lactam (4-membered cyclic amide) rings is 1. The fraction of sp³-hybridized carbons (Fsp3) is 0.562. The highest BCUT2D eigenvalue weighted by atomic mass is 79.9. The minimum atomic E-state index is -1.73. The second-order valence-electron chi connectivity index (χ2n) is 6.63. The molecule has 0 aliphatic carbocycles. The van der Waals surface area contributed by atoms with E-state index in [1.165, 1.54) is 28.0 Å². The van der Waals surface area contributed by atoms with Crippen LogP contribution in [-0.2, 0) is 25.5 Å². The molecule has 3 heterocycles. The van der Waals surface area contributed by atoms with Gasteiger partial charge in [0.25, 0.3) is 0 Å². The highest BCUT2D eigenvalue weighted by Crippen LogP contribution is 2.52. The maximum Gasteiger partial charge on any atom is 0.330 e. The van der Waals surface area contributed by atoms with Crippen LogP contribution in [0.5, 0.6) is 0 Å². The van der Waals surface area contributed by atoms with E-state index in [0.717, 1.165) is 4.88 Å². The van der Waals surface area contributed by atoms with Crippen LogP contribution in [0.3, 0.4) is 0 Å². The first-order chi connectivity index (χ1) is 13.1. The molecule has 2 aliphatic heterocycles. The van der Waals surface area contributed by atoms with Crippen LogP contribution in [0.15, 0.2) is 17.5 Å². The van der Waals surface area contributed by atoms with Crippen LogP contribution < -0.4 is 5.32 Å². The van der Waals surface area contributed by atoms with E-state index in [4.69, 9.17) is 39.5 Å². The number of ether oxygens (including phenoxy) is 1. The van der Waals surface area contributed by atoms with Crippen molar-refractivity contribution in [3.63, 3.8) is 0 Å². The maximum absolute atomic E-state index is 12.7. The van der Waals surface area contributed by atoms with Crippen molar-refractivity contribution in [1.82, 2.24) is 10.2 Å². The van der Waals surface area contributed by atoms with Crippen LogP contribution in [0.2, 0.25) is 0 Å². The number of nitrogens with one attached hydrogen (secondary N) is 1. The van der Waals surface area contributed by atoms with Crippen molar-refractivity contribution < 1.29 is 19.1 Å².